The number of ether oxygens (including phenoxy) is 2. The van der Waals surface area contributed by atoms with Crippen LogP contribution in [0.4, 0.5) is 22.1 Å². The Morgan fingerprint density at radius 2 is 2.03 bits per heavy atom. The molecular formula is C24H31N7O4. The molecule has 0 radical (unpaired) electrons. The summed E-state index contributed by atoms with van der Waals surface area (Å²) < 4.78 is 34.3. The van der Waals surface area contributed by atoms with E-state index in [0.717, 1.165) is 24.8 Å². The quantitative estimate of drug-likeness (QED) is 0.541. The average molecular weight is 485 g/mol. The zero-order valence-electron chi connectivity index (χ0n) is 23.4. The number of hydrogen-bond donors (Lipinski definition) is 2. The van der Waals surface area contributed by atoms with Crippen LogP contribution in [0.5, 0.6) is 5.88 Å². The van der Waals surface area contributed by atoms with Crippen LogP contribution in [0.25, 0.3) is 5.65 Å². The first-order valence-electron chi connectivity index (χ1n) is 12.8. The van der Waals surface area contributed by atoms with Crippen molar-refractivity contribution in [3.05, 3.63) is 35.7 Å². The van der Waals surface area contributed by atoms with Gasteiger partial charge in [-0.25, -0.2) is 14.8 Å². The van der Waals surface area contributed by atoms with Gasteiger partial charge in [0.1, 0.15) is 28.5 Å². The van der Waals surface area contributed by atoms with E-state index < -0.39 is 18.7 Å². The second-order valence-corrected chi connectivity index (χ2v) is 9.53. The SMILES string of the molecule is [2H]C([2H])([2H])Oc1ncc(C)cc1Nc1cc(N(C)C(=O)OC(C)(C)C)n2ncc(C(=O)NC3CCC3)c2n1. The molecule has 0 spiro atoms. The molecule has 2 amide bonds. The second kappa shape index (κ2) is 9.40. The van der Waals surface area contributed by atoms with Gasteiger partial charge in [0.15, 0.2) is 5.65 Å². The summed E-state index contributed by atoms with van der Waals surface area (Å²) in [5.41, 5.74) is 0.647. The summed E-state index contributed by atoms with van der Waals surface area (Å²) in [6.45, 7) is 7.04. The van der Waals surface area contributed by atoms with Crippen molar-refractivity contribution in [1.29, 1.82) is 0 Å². The normalized spacial score (nSPS) is 15.4. The fourth-order valence-corrected chi connectivity index (χ4v) is 3.52. The molecule has 186 valence electrons. The zero-order valence-corrected chi connectivity index (χ0v) is 20.4. The summed E-state index contributed by atoms with van der Waals surface area (Å²) in [6, 6.07) is 3.28. The van der Waals surface area contributed by atoms with E-state index in [1.807, 2.05) is 0 Å². The molecule has 11 heteroatoms. The minimum atomic E-state index is -2.73. The van der Waals surface area contributed by atoms with Crippen LogP contribution in [0.15, 0.2) is 24.5 Å². The van der Waals surface area contributed by atoms with Gasteiger partial charge in [0.25, 0.3) is 5.91 Å². The molecule has 3 aromatic rings. The molecule has 0 aromatic carbocycles. The highest BCUT2D eigenvalue weighted by molar-refractivity contribution is 6.00. The molecular weight excluding hydrogens is 450 g/mol. The summed E-state index contributed by atoms with van der Waals surface area (Å²) >= 11 is 0. The summed E-state index contributed by atoms with van der Waals surface area (Å²) in [6.07, 6.45) is 5.10. The molecule has 11 nitrogen and oxygen atoms in total. The molecule has 35 heavy (non-hydrogen) atoms. The number of pyridine rings is 1. The molecule has 0 aliphatic heterocycles. The van der Waals surface area contributed by atoms with E-state index in [4.69, 9.17) is 13.6 Å². The van der Waals surface area contributed by atoms with Crippen molar-refractivity contribution in [3.8, 4) is 5.88 Å². The summed E-state index contributed by atoms with van der Waals surface area (Å²) in [5, 5.41) is 10.3. The maximum absolute atomic E-state index is 13.0. The highest BCUT2D eigenvalue weighted by Crippen LogP contribution is 2.29. The van der Waals surface area contributed by atoms with Crippen molar-refractivity contribution in [2.75, 3.05) is 24.3 Å². The number of aryl methyl sites for hydroxylation is 1. The fraction of sp³-hybridized carbons (Fsp3) is 0.458. The third-order valence-electron chi connectivity index (χ3n) is 5.50. The molecule has 0 unspecified atom stereocenters. The largest absolute Gasteiger partial charge is 0.480 e. The maximum atomic E-state index is 13.0. The Morgan fingerprint density at radius 3 is 2.69 bits per heavy atom. The first-order chi connectivity index (χ1) is 17.7. The van der Waals surface area contributed by atoms with Crippen molar-refractivity contribution in [2.24, 2.45) is 0 Å². The van der Waals surface area contributed by atoms with Gasteiger partial charge in [-0.05, 0) is 58.6 Å². The lowest BCUT2D eigenvalue weighted by molar-refractivity contribution is 0.0587. The molecule has 3 heterocycles. The van der Waals surface area contributed by atoms with Gasteiger partial charge in [0.2, 0.25) is 5.88 Å². The van der Waals surface area contributed by atoms with Crippen molar-refractivity contribution in [1.82, 2.24) is 24.9 Å². The van der Waals surface area contributed by atoms with Crippen molar-refractivity contribution >= 4 is 35.0 Å². The number of carbonyl (C=O) groups excluding carboxylic acids is 2. The number of carbonyl (C=O) groups is 2. The van der Waals surface area contributed by atoms with Crippen LogP contribution in [0, 0.1) is 6.92 Å². The van der Waals surface area contributed by atoms with Crippen LogP contribution in [0.2, 0.25) is 0 Å². The van der Waals surface area contributed by atoms with Crippen LogP contribution >= 0.6 is 0 Å². The van der Waals surface area contributed by atoms with E-state index in [9.17, 15) is 9.59 Å². The van der Waals surface area contributed by atoms with Crippen LogP contribution < -0.4 is 20.3 Å². The van der Waals surface area contributed by atoms with Crippen molar-refractivity contribution in [3.63, 3.8) is 0 Å². The number of hydrogen-bond acceptors (Lipinski definition) is 8. The first kappa shape index (κ1) is 20.5. The molecule has 0 atom stereocenters. The first-order valence-corrected chi connectivity index (χ1v) is 11.3. The van der Waals surface area contributed by atoms with Crippen LogP contribution in [-0.4, -0.2) is 57.3 Å². The predicted molar refractivity (Wildman–Crippen MR) is 132 cm³/mol. The van der Waals surface area contributed by atoms with E-state index in [1.165, 1.54) is 34.9 Å². The van der Waals surface area contributed by atoms with Gasteiger partial charge in [0, 0.05) is 25.4 Å². The summed E-state index contributed by atoms with van der Waals surface area (Å²) in [4.78, 5) is 35.9. The molecule has 3 aromatic heterocycles. The Kier molecular flexibility index (Phi) is 5.50. The van der Waals surface area contributed by atoms with E-state index in [-0.39, 0.29) is 46.4 Å². The van der Waals surface area contributed by atoms with Gasteiger partial charge >= 0.3 is 6.09 Å². The lowest BCUT2D eigenvalue weighted by Gasteiger charge is -2.26. The molecule has 4 rings (SSSR count). The number of fused-ring (bicyclic) bond motifs is 1. The lowest BCUT2D eigenvalue weighted by Crippen LogP contribution is -2.39. The van der Waals surface area contributed by atoms with Gasteiger partial charge in [-0.1, -0.05) is 0 Å². The minimum Gasteiger partial charge on any atom is -0.480 e. The topological polar surface area (TPSA) is 123 Å². The van der Waals surface area contributed by atoms with Gasteiger partial charge in [-0.3, -0.25) is 9.69 Å². The van der Waals surface area contributed by atoms with Gasteiger partial charge in [-0.15, -0.1) is 0 Å². The number of amides is 2. The number of nitrogens with one attached hydrogen (secondary N) is 2. The molecule has 0 bridgehead atoms. The second-order valence-electron chi connectivity index (χ2n) is 9.53. The Labute approximate surface area is 208 Å². The Morgan fingerprint density at radius 1 is 1.26 bits per heavy atom. The average Bonchev–Trinajstić information content (AvgIpc) is 3.19. The smallest absolute Gasteiger partial charge is 0.415 e. The number of methoxy groups -OCH3 is 1. The Balaban J connectivity index is 1.79. The molecule has 0 saturated heterocycles. The van der Waals surface area contributed by atoms with Crippen LogP contribution in [-0.2, 0) is 4.74 Å². The summed E-state index contributed by atoms with van der Waals surface area (Å²) in [7, 11) is -1.21. The van der Waals surface area contributed by atoms with Crippen LogP contribution in [0.3, 0.4) is 0 Å². The zero-order chi connectivity index (χ0) is 27.8. The van der Waals surface area contributed by atoms with E-state index in [2.05, 4.69) is 25.7 Å². The maximum Gasteiger partial charge on any atom is 0.415 e. The number of anilines is 3. The highest BCUT2D eigenvalue weighted by Gasteiger charge is 2.27. The minimum absolute atomic E-state index is 0.0978. The number of aromatic nitrogens is 4. The number of rotatable bonds is 6. The standard InChI is InChI=1S/C24H31N7O4/c1-14-10-17(22(34-6)25-12-14)28-18-11-19(30(5)23(33)35-24(2,3)4)31-20(29-18)16(13-26-31)21(32)27-15-8-7-9-15/h10-13,15H,7-9H2,1-6H3,(H,27,32)(H,28,29)/i6D3. The van der Waals surface area contributed by atoms with Gasteiger partial charge < -0.3 is 20.1 Å². The highest BCUT2D eigenvalue weighted by atomic mass is 16.6. The van der Waals surface area contributed by atoms with Crippen molar-refractivity contribution < 1.29 is 23.2 Å². The van der Waals surface area contributed by atoms with Crippen molar-refractivity contribution in [2.45, 2.75) is 58.6 Å². The monoisotopic (exact) mass is 484 g/mol. The van der Waals surface area contributed by atoms with Gasteiger partial charge in [0.05, 0.1) is 17.3 Å². The third-order valence-corrected chi connectivity index (χ3v) is 5.50. The molecule has 1 aliphatic rings. The van der Waals surface area contributed by atoms with E-state index in [1.54, 1.807) is 33.8 Å². The molecule has 1 fully saturated rings. The predicted octanol–water partition coefficient (Wildman–Crippen LogP) is 3.84. The summed E-state index contributed by atoms with van der Waals surface area (Å²) in [5.74, 6) is -0.0307. The third kappa shape index (κ3) is 5.28. The fourth-order valence-electron chi connectivity index (χ4n) is 3.52. The van der Waals surface area contributed by atoms with E-state index >= 15 is 0 Å². The van der Waals surface area contributed by atoms with E-state index in [0.29, 0.717) is 0 Å². The van der Waals surface area contributed by atoms with Crippen LogP contribution in [0.1, 0.15) is 60.1 Å². The lowest BCUT2D eigenvalue weighted by atomic mass is 9.93. The molecule has 2 N–H and O–H groups in total. The Hall–Kier alpha value is -3.89. The molecule has 1 saturated carbocycles. The number of nitrogens with zero attached hydrogens (tertiary/aromatic N) is 5. The van der Waals surface area contributed by atoms with Gasteiger partial charge in [-0.2, -0.15) is 9.61 Å². The Bertz CT molecular complexity index is 1360. The molecule has 1 aliphatic carbocycles.